The molecule has 170 valence electrons. The normalized spacial score (nSPS) is 11.1. The number of carbonyl (C=O) groups is 1. The molecule has 0 atom stereocenters. The Bertz CT molecular complexity index is 1610. The van der Waals surface area contributed by atoms with Crippen LogP contribution < -0.4 is 15.6 Å². The topological polar surface area (TPSA) is 89.0 Å². The number of hydrogen-bond donors (Lipinski definition) is 2. The van der Waals surface area contributed by atoms with E-state index >= 15 is 0 Å². The lowest BCUT2D eigenvalue weighted by molar-refractivity contribution is 0.0951. The van der Waals surface area contributed by atoms with Crippen molar-refractivity contribution in [3.05, 3.63) is 99.7 Å². The fourth-order valence-electron chi connectivity index (χ4n) is 4.54. The Kier molecular flexibility index (Phi) is 5.37. The maximum absolute atomic E-state index is 13.4. The van der Waals surface area contributed by atoms with Gasteiger partial charge in [-0.1, -0.05) is 24.3 Å². The number of ether oxygens (including phenoxy) is 1. The predicted octanol–water partition coefficient (Wildman–Crippen LogP) is 4.42. The van der Waals surface area contributed by atoms with Gasteiger partial charge in [0.15, 0.2) is 0 Å². The lowest BCUT2D eigenvalue weighted by Crippen LogP contribution is -2.28. The van der Waals surface area contributed by atoms with Crippen molar-refractivity contribution in [2.24, 2.45) is 0 Å². The van der Waals surface area contributed by atoms with Crippen LogP contribution in [0.3, 0.4) is 0 Å². The van der Waals surface area contributed by atoms with Crippen LogP contribution in [0.25, 0.3) is 27.5 Å². The van der Waals surface area contributed by atoms with Gasteiger partial charge < -0.3 is 19.6 Å². The quantitative estimate of drug-likeness (QED) is 0.413. The molecule has 2 aromatic carbocycles. The summed E-state index contributed by atoms with van der Waals surface area (Å²) in [6.45, 7) is 3.77. The number of fused-ring (bicyclic) bond motifs is 2. The fourth-order valence-corrected chi connectivity index (χ4v) is 4.54. The molecule has 2 N–H and O–H groups in total. The van der Waals surface area contributed by atoms with E-state index < -0.39 is 0 Å². The van der Waals surface area contributed by atoms with Crippen molar-refractivity contribution < 1.29 is 9.53 Å². The van der Waals surface area contributed by atoms with Crippen LogP contribution in [0.2, 0.25) is 0 Å². The molecule has 0 saturated carbocycles. The van der Waals surface area contributed by atoms with Crippen molar-refractivity contribution in [2.75, 3.05) is 7.11 Å². The molecule has 3 heterocycles. The summed E-state index contributed by atoms with van der Waals surface area (Å²) in [4.78, 5) is 33.2. The Morgan fingerprint density at radius 1 is 1.06 bits per heavy atom. The molecule has 0 bridgehead atoms. The van der Waals surface area contributed by atoms with Gasteiger partial charge in [-0.25, -0.2) is 0 Å². The molecule has 7 heteroatoms. The molecule has 5 rings (SSSR count). The first-order valence-electron chi connectivity index (χ1n) is 11.0. The lowest BCUT2D eigenvalue weighted by atomic mass is 10.1. The minimum Gasteiger partial charge on any atom is -0.496 e. The lowest BCUT2D eigenvalue weighted by Gasteiger charge is -2.12. The maximum atomic E-state index is 13.4. The summed E-state index contributed by atoms with van der Waals surface area (Å²) in [7, 11) is 1.51. The molecule has 0 radical (unpaired) electrons. The number of aromatic nitrogens is 3. The molecule has 1 amide bonds. The third kappa shape index (κ3) is 3.51. The highest BCUT2D eigenvalue weighted by Crippen LogP contribution is 2.32. The van der Waals surface area contributed by atoms with Crippen LogP contribution in [0.1, 0.15) is 27.3 Å². The Morgan fingerprint density at radius 2 is 1.85 bits per heavy atom. The summed E-state index contributed by atoms with van der Waals surface area (Å²) < 4.78 is 7.45. The number of hydrogen-bond acceptors (Lipinski definition) is 4. The molecule has 0 unspecified atom stereocenters. The predicted molar refractivity (Wildman–Crippen MR) is 133 cm³/mol. The number of amides is 1. The second kappa shape index (κ2) is 8.51. The Balaban J connectivity index is 1.60. The first kappa shape index (κ1) is 21.5. The van der Waals surface area contributed by atoms with Gasteiger partial charge in [-0.2, -0.15) is 0 Å². The van der Waals surface area contributed by atoms with Crippen LogP contribution in [0.4, 0.5) is 0 Å². The third-order valence-corrected chi connectivity index (χ3v) is 6.08. The van der Waals surface area contributed by atoms with Crippen LogP contribution >= 0.6 is 0 Å². The minimum atomic E-state index is -0.278. The first-order chi connectivity index (χ1) is 16.5. The van der Waals surface area contributed by atoms with Crippen molar-refractivity contribution in [1.82, 2.24) is 19.9 Å². The average molecular weight is 453 g/mol. The van der Waals surface area contributed by atoms with Gasteiger partial charge in [0.05, 0.1) is 41.5 Å². The Morgan fingerprint density at radius 3 is 2.68 bits per heavy atom. The van der Waals surface area contributed by atoms with E-state index in [1.165, 1.54) is 7.11 Å². The summed E-state index contributed by atoms with van der Waals surface area (Å²) in [6.07, 6.45) is 1.77. The van der Waals surface area contributed by atoms with Crippen LogP contribution in [-0.2, 0) is 6.54 Å². The highest BCUT2D eigenvalue weighted by atomic mass is 16.5. The summed E-state index contributed by atoms with van der Waals surface area (Å²) in [6, 6.07) is 19.5. The van der Waals surface area contributed by atoms with E-state index in [9.17, 15) is 9.59 Å². The van der Waals surface area contributed by atoms with E-state index in [1.807, 2.05) is 61.5 Å². The number of pyridine rings is 2. The molecular formula is C27H24N4O3. The molecule has 0 aliphatic heterocycles. The number of carbonyl (C=O) groups excluding carboxylic acids is 1. The van der Waals surface area contributed by atoms with E-state index in [0.29, 0.717) is 22.6 Å². The minimum absolute atomic E-state index is 0.0504. The first-order valence-corrected chi connectivity index (χ1v) is 11.0. The number of aryl methyl sites for hydroxylation is 1. The Labute approximate surface area is 196 Å². The zero-order chi connectivity index (χ0) is 23.8. The van der Waals surface area contributed by atoms with E-state index in [-0.39, 0.29) is 18.0 Å². The second-order valence-corrected chi connectivity index (χ2v) is 8.17. The standard InChI is InChI=1S/C27H24N4O3/c1-16-14-24(34-3)20(26(32)30-16)15-29-27(33)25-17(2)31(23-11-5-4-8-19(23)25)22-12-6-10-21-18(22)9-7-13-28-21/h4-14H,15H2,1-3H3,(H,29,33)(H,30,32). The number of para-hydroxylation sites is 1. The van der Waals surface area contributed by atoms with Gasteiger partial charge in [0.1, 0.15) is 5.75 Å². The Hall–Kier alpha value is -4.39. The highest BCUT2D eigenvalue weighted by Gasteiger charge is 2.22. The summed E-state index contributed by atoms with van der Waals surface area (Å²) >= 11 is 0. The molecule has 0 saturated heterocycles. The monoisotopic (exact) mass is 452 g/mol. The number of aromatic amines is 1. The molecule has 0 aliphatic rings. The molecular weight excluding hydrogens is 428 g/mol. The number of methoxy groups -OCH3 is 1. The summed E-state index contributed by atoms with van der Waals surface area (Å²) in [5, 5.41) is 4.75. The largest absolute Gasteiger partial charge is 0.496 e. The van der Waals surface area contributed by atoms with Gasteiger partial charge in [0.2, 0.25) is 0 Å². The molecule has 5 aromatic rings. The molecule has 0 spiro atoms. The SMILES string of the molecule is COc1cc(C)[nH]c(=O)c1CNC(=O)c1c(C)n(-c2cccc3ncccc23)c2ccccc12. The smallest absolute Gasteiger partial charge is 0.256 e. The van der Waals surface area contributed by atoms with Crippen molar-refractivity contribution in [3.63, 3.8) is 0 Å². The van der Waals surface area contributed by atoms with Gasteiger partial charge in [0.25, 0.3) is 11.5 Å². The molecule has 0 fully saturated rings. The van der Waals surface area contributed by atoms with Gasteiger partial charge >= 0.3 is 0 Å². The summed E-state index contributed by atoms with van der Waals surface area (Å²) in [5.74, 6) is 0.191. The zero-order valence-electron chi connectivity index (χ0n) is 19.2. The zero-order valence-corrected chi connectivity index (χ0v) is 19.2. The van der Waals surface area contributed by atoms with Crippen molar-refractivity contribution >= 4 is 27.7 Å². The molecule has 7 nitrogen and oxygen atoms in total. The van der Waals surface area contributed by atoms with Crippen molar-refractivity contribution in [3.8, 4) is 11.4 Å². The second-order valence-electron chi connectivity index (χ2n) is 8.17. The third-order valence-electron chi connectivity index (χ3n) is 6.08. The number of benzene rings is 2. The molecule has 3 aromatic heterocycles. The molecule has 34 heavy (non-hydrogen) atoms. The molecule has 0 aliphatic carbocycles. The fraction of sp³-hybridized carbons (Fsp3) is 0.148. The van der Waals surface area contributed by atoms with Crippen LogP contribution in [0.15, 0.2) is 71.7 Å². The van der Waals surface area contributed by atoms with E-state index in [4.69, 9.17) is 4.74 Å². The number of H-pyrrole nitrogens is 1. The van der Waals surface area contributed by atoms with E-state index in [2.05, 4.69) is 19.9 Å². The van der Waals surface area contributed by atoms with E-state index in [1.54, 1.807) is 19.2 Å². The number of rotatable bonds is 5. The van der Waals surface area contributed by atoms with Crippen LogP contribution in [0.5, 0.6) is 5.75 Å². The van der Waals surface area contributed by atoms with Crippen molar-refractivity contribution in [2.45, 2.75) is 20.4 Å². The van der Waals surface area contributed by atoms with Gasteiger partial charge in [0, 0.05) is 28.4 Å². The van der Waals surface area contributed by atoms with Gasteiger partial charge in [-0.05, 0) is 50.2 Å². The number of nitrogens with one attached hydrogen (secondary N) is 2. The summed E-state index contributed by atoms with van der Waals surface area (Å²) in [5.41, 5.74) is 4.93. The van der Waals surface area contributed by atoms with Crippen LogP contribution in [0, 0.1) is 13.8 Å². The van der Waals surface area contributed by atoms with Gasteiger partial charge in [-0.15, -0.1) is 0 Å². The maximum Gasteiger partial charge on any atom is 0.256 e. The van der Waals surface area contributed by atoms with Crippen molar-refractivity contribution in [1.29, 1.82) is 0 Å². The highest BCUT2D eigenvalue weighted by molar-refractivity contribution is 6.09. The van der Waals surface area contributed by atoms with Crippen LogP contribution in [-0.4, -0.2) is 27.6 Å². The number of nitrogens with zero attached hydrogens (tertiary/aromatic N) is 2. The van der Waals surface area contributed by atoms with E-state index in [0.717, 1.165) is 33.2 Å². The van der Waals surface area contributed by atoms with Gasteiger partial charge in [-0.3, -0.25) is 14.6 Å². The average Bonchev–Trinajstić information content (AvgIpc) is 3.14.